The predicted molar refractivity (Wildman–Crippen MR) is 43.4 cm³/mol. The number of methoxy groups -OCH3 is 1. The normalized spacial score (nSPS) is 27.5. The van der Waals surface area contributed by atoms with Gasteiger partial charge in [-0.05, 0) is 12.8 Å². The second kappa shape index (κ2) is 4.42. The summed E-state index contributed by atoms with van der Waals surface area (Å²) in [5.41, 5.74) is 0. The number of nitrogens with one attached hydrogen (secondary N) is 1. The van der Waals surface area contributed by atoms with Crippen LogP contribution in [0.1, 0.15) is 19.3 Å². The number of amides is 1. The molecule has 1 heterocycles. The number of aliphatic hydroxyl groups excluding tert-OH is 1. The molecule has 70 valence electrons. The zero-order valence-corrected chi connectivity index (χ0v) is 7.25. The second-order valence-corrected chi connectivity index (χ2v) is 3.02. The van der Waals surface area contributed by atoms with Crippen molar-refractivity contribution < 1.29 is 14.6 Å². The van der Waals surface area contributed by atoms with Crippen molar-refractivity contribution in [3.63, 3.8) is 0 Å². The Balaban J connectivity index is 2.52. The first-order valence-corrected chi connectivity index (χ1v) is 4.24. The van der Waals surface area contributed by atoms with Crippen LogP contribution in [0.25, 0.3) is 0 Å². The highest BCUT2D eigenvalue weighted by molar-refractivity contribution is 5.79. The van der Waals surface area contributed by atoms with Crippen LogP contribution < -0.4 is 5.32 Å². The number of carbonyl (C=O) groups excluding carboxylic acids is 1. The third-order valence-corrected chi connectivity index (χ3v) is 2.16. The first-order chi connectivity index (χ1) is 5.75. The molecule has 2 unspecified atom stereocenters. The molecule has 0 aromatic heterocycles. The summed E-state index contributed by atoms with van der Waals surface area (Å²) in [5, 5.41) is 12.0. The molecule has 4 heteroatoms. The summed E-state index contributed by atoms with van der Waals surface area (Å²) >= 11 is 0. The van der Waals surface area contributed by atoms with Gasteiger partial charge in [0, 0.05) is 13.7 Å². The highest BCUT2D eigenvalue weighted by Gasteiger charge is 2.27. The summed E-state index contributed by atoms with van der Waals surface area (Å²) in [7, 11) is 1.41. The molecule has 0 spiro atoms. The number of carbonyl (C=O) groups is 1. The van der Waals surface area contributed by atoms with Gasteiger partial charge in [-0.25, -0.2) is 0 Å². The van der Waals surface area contributed by atoms with Crippen LogP contribution in [-0.2, 0) is 9.53 Å². The van der Waals surface area contributed by atoms with Gasteiger partial charge >= 0.3 is 0 Å². The molecular weight excluding hydrogens is 158 g/mol. The van der Waals surface area contributed by atoms with Crippen LogP contribution in [0.15, 0.2) is 0 Å². The fourth-order valence-corrected chi connectivity index (χ4v) is 1.40. The molecule has 2 N–H and O–H groups in total. The van der Waals surface area contributed by atoms with Gasteiger partial charge in [-0.15, -0.1) is 0 Å². The maximum atomic E-state index is 11.3. The van der Waals surface area contributed by atoms with Crippen molar-refractivity contribution in [2.75, 3.05) is 13.7 Å². The predicted octanol–water partition coefficient (Wildman–Crippen LogP) is -0.133. The Morgan fingerprint density at radius 2 is 2.42 bits per heavy atom. The van der Waals surface area contributed by atoms with E-state index in [0.29, 0.717) is 13.0 Å². The smallest absolute Gasteiger partial charge is 0.228 e. The van der Waals surface area contributed by atoms with Gasteiger partial charge in [-0.3, -0.25) is 4.79 Å². The average Bonchev–Trinajstić information content (AvgIpc) is 2.28. The van der Waals surface area contributed by atoms with Crippen molar-refractivity contribution in [2.24, 2.45) is 5.92 Å². The van der Waals surface area contributed by atoms with E-state index in [1.54, 1.807) is 0 Å². The van der Waals surface area contributed by atoms with E-state index in [1.807, 2.05) is 0 Å². The van der Waals surface area contributed by atoms with Crippen LogP contribution in [0.3, 0.4) is 0 Å². The van der Waals surface area contributed by atoms with Gasteiger partial charge in [-0.1, -0.05) is 6.42 Å². The van der Waals surface area contributed by atoms with E-state index in [1.165, 1.54) is 7.11 Å². The first-order valence-electron chi connectivity index (χ1n) is 4.24. The van der Waals surface area contributed by atoms with Crippen molar-refractivity contribution in [1.82, 2.24) is 5.32 Å². The van der Waals surface area contributed by atoms with Crippen LogP contribution in [0, 0.1) is 5.92 Å². The molecule has 1 aliphatic heterocycles. The molecule has 0 aliphatic carbocycles. The minimum atomic E-state index is -0.955. The Bertz CT molecular complexity index is 160. The molecule has 12 heavy (non-hydrogen) atoms. The lowest BCUT2D eigenvalue weighted by Gasteiger charge is -2.17. The van der Waals surface area contributed by atoms with Crippen LogP contribution in [-0.4, -0.2) is 31.0 Å². The Hall–Kier alpha value is -0.610. The summed E-state index contributed by atoms with van der Waals surface area (Å²) in [4.78, 5) is 11.3. The molecule has 1 rings (SSSR count). The SMILES string of the molecule is COC(O)C1CCCCNC1=O. The molecule has 0 saturated carbocycles. The van der Waals surface area contributed by atoms with E-state index < -0.39 is 12.2 Å². The monoisotopic (exact) mass is 173 g/mol. The second-order valence-electron chi connectivity index (χ2n) is 3.02. The molecule has 4 nitrogen and oxygen atoms in total. The molecule has 0 aromatic carbocycles. The third kappa shape index (κ3) is 2.19. The lowest BCUT2D eigenvalue weighted by Crippen LogP contribution is -2.36. The Labute approximate surface area is 71.9 Å². The number of rotatable bonds is 2. The van der Waals surface area contributed by atoms with E-state index in [9.17, 15) is 9.90 Å². The molecule has 1 aliphatic rings. The number of hydrogen-bond acceptors (Lipinski definition) is 3. The van der Waals surface area contributed by atoms with E-state index >= 15 is 0 Å². The van der Waals surface area contributed by atoms with Crippen LogP contribution in [0.4, 0.5) is 0 Å². The maximum absolute atomic E-state index is 11.3. The number of hydrogen-bond donors (Lipinski definition) is 2. The molecule has 0 aromatic rings. The molecule has 1 saturated heterocycles. The zero-order chi connectivity index (χ0) is 8.97. The maximum Gasteiger partial charge on any atom is 0.228 e. The minimum absolute atomic E-state index is 0.0955. The van der Waals surface area contributed by atoms with Crippen LogP contribution in [0.2, 0.25) is 0 Å². The highest BCUT2D eigenvalue weighted by atomic mass is 16.6. The van der Waals surface area contributed by atoms with Crippen molar-refractivity contribution in [3.8, 4) is 0 Å². The summed E-state index contributed by atoms with van der Waals surface area (Å²) < 4.78 is 4.71. The third-order valence-electron chi connectivity index (χ3n) is 2.16. The van der Waals surface area contributed by atoms with Crippen molar-refractivity contribution in [3.05, 3.63) is 0 Å². The summed E-state index contributed by atoms with van der Waals surface area (Å²) in [6.07, 6.45) is 1.70. The van der Waals surface area contributed by atoms with Gasteiger partial charge in [0.15, 0.2) is 6.29 Å². The minimum Gasteiger partial charge on any atom is -0.367 e. The van der Waals surface area contributed by atoms with Crippen molar-refractivity contribution in [2.45, 2.75) is 25.6 Å². The van der Waals surface area contributed by atoms with Gasteiger partial charge in [0.25, 0.3) is 0 Å². The van der Waals surface area contributed by atoms with E-state index in [2.05, 4.69) is 5.32 Å². The highest BCUT2D eigenvalue weighted by Crippen LogP contribution is 2.16. The fourth-order valence-electron chi connectivity index (χ4n) is 1.40. The Morgan fingerprint density at radius 3 is 3.08 bits per heavy atom. The number of ether oxygens (including phenoxy) is 1. The topological polar surface area (TPSA) is 58.6 Å². The van der Waals surface area contributed by atoms with Gasteiger partial charge in [0.2, 0.25) is 5.91 Å². The molecule has 2 atom stereocenters. The molecule has 0 radical (unpaired) electrons. The van der Waals surface area contributed by atoms with Gasteiger partial charge in [0.05, 0.1) is 5.92 Å². The molecular formula is C8H15NO3. The quantitative estimate of drug-likeness (QED) is 0.572. The van der Waals surface area contributed by atoms with E-state index in [-0.39, 0.29) is 5.91 Å². The van der Waals surface area contributed by atoms with Crippen molar-refractivity contribution >= 4 is 5.91 Å². The van der Waals surface area contributed by atoms with Crippen LogP contribution >= 0.6 is 0 Å². The average molecular weight is 173 g/mol. The summed E-state index contributed by atoms with van der Waals surface area (Å²) in [6.45, 7) is 0.714. The van der Waals surface area contributed by atoms with Crippen LogP contribution in [0.5, 0.6) is 0 Å². The summed E-state index contributed by atoms with van der Waals surface area (Å²) in [5.74, 6) is -0.487. The molecule has 1 fully saturated rings. The Morgan fingerprint density at radius 1 is 1.67 bits per heavy atom. The summed E-state index contributed by atoms with van der Waals surface area (Å²) in [6, 6.07) is 0. The van der Waals surface area contributed by atoms with E-state index in [0.717, 1.165) is 12.8 Å². The lowest BCUT2D eigenvalue weighted by atomic mass is 10.0. The van der Waals surface area contributed by atoms with E-state index in [4.69, 9.17) is 4.74 Å². The molecule has 0 bridgehead atoms. The lowest BCUT2D eigenvalue weighted by molar-refractivity contribution is -0.148. The fraction of sp³-hybridized carbons (Fsp3) is 0.875. The first kappa shape index (κ1) is 9.48. The molecule has 1 amide bonds. The number of aliphatic hydroxyl groups is 1. The van der Waals surface area contributed by atoms with Gasteiger partial charge in [0.1, 0.15) is 0 Å². The standard InChI is InChI=1S/C8H15NO3/c1-12-8(11)6-4-2-3-5-9-7(6)10/h6,8,11H,2-5H2,1H3,(H,9,10). The van der Waals surface area contributed by atoms with Crippen molar-refractivity contribution in [1.29, 1.82) is 0 Å². The van der Waals surface area contributed by atoms with Gasteiger partial charge in [-0.2, -0.15) is 0 Å². The zero-order valence-electron chi connectivity index (χ0n) is 7.25. The largest absolute Gasteiger partial charge is 0.367 e. The Kier molecular flexibility index (Phi) is 3.49. The van der Waals surface area contributed by atoms with Gasteiger partial charge < -0.3 is 15.2 Å².